The molecule has 1 amide bonds. The summed E-state index contributed by atoms with van der Waals surface area (Å²) in [6.45, 7) is 1.98. The molecule has 0 radical (unpaired) electrons. The van der Waals surface area contributed by atoms with Crippen LogP contribution < -0.4 is 5.32 Å². The molecule has 3 aromatic heterocycles. The fourth-order valence-corrected chi connectivity index (χ4v) is 4.35. The lowest BCUT2D eigenvalue weighted by Gasteiger charge is -2.07. The molecule has 1 N–H and O–H groups in total. The number of hydrogen-bond donors (Lipinski definition) is 1. The first-order chi connectivity index (χ1) is 13.5. The van der Waals surface area contributed by atoms with E-state index in [0.717, 1.165) is 32.5 Å². The van der Waals surface area contributed by atoms with Crippen LogP contribution in [-0.4, -0.2) is 20.9 Å². The van der Waals surface area contributed by atoms with Crippen LogP contribution in [0.25, 0.3) is 21.1 Å². The molecule has 140 valence electrons. The summed E-state index contributed by atoms with van der Waals surface area (Å²) in [5.74, 6) is -2.70. The molecule has 3 heterocycles. The molecule has 4 rings (SSSR count). The van der Waals surface area contributed by atoms with Gasteiger partial charge in [-0.1, -0.05) is 6.07 Å². The van der Waals surface area contributed by atoms with E-state index in [1.807, 2.05) is 18.4 Å². The number of amides is 1. The molecule has 0 aliphatic rings. The van der Waals surface area contributed by atoms with Crippen LogP contribution in [0, 0.1) is 18.6 Å². The lowest BCUT2D eigenvalue weighted by atomic mass is 10.2. The third kappa shape index (κ3) is 3.54. The molecule has 0 fully saturated rings. The topological polar surface area (TPSA) is 67.8 Å². The number of nitrogens with one attached hydrogen (secondary N) is 1. The number of thiazole rings is 1. The summed E-state index contributed by atoms with van der Waals surface area (Å²) in [5, 5.41) is 5.21. The van der Waals surface area contributed by atoms with Gasteiger partial charge in [-0.05, 0) is 25.1 Å². The first-order valence-corrected chi connectivity index (χ1v) is 9.80. The molecule has 1 aromatic carbocycles. The van der Waals surface area contributed by atoms with Crippen molar-refractivity contribution in [1.29, 1.82) is 0 Å². The van der Waals surface area contributed by atoms with E-state index < -0.39 is 23.1 Å². The molecule has 4 aromatic rings. The Kier molecular flexibility index (Phi) is 4.93. The largest absolute Gasteiger partial charge is 0.305 e. The maximum Gasteiger partial charge on any atom is 0.262 e. The van der Waals surface area contributed by atoms with E-state index in [1.165, 1.54) is 18.5 Å². The summed E-state index contributed by atoms with van der Waals surface area (Å²) in [7, 11) is 0. The molecule has 0 unspecified atom stereocenters. The molecular formula is C19H12F2N4OS2. The van der Waals surface area contributed by atoms with Gasteiger partial charge in [0.2, 0.25) is 0 Å². The highest BCUT2D eigenvalue weighted by Gasteiger charge is 2.18. The summed E-state index contributed by atoms with van der Waals surface area (Å²) < 4.78 is 27.4. The second-order valence-corrected chi connectivity index (χ2v) is 7.91. The highest BCUT2D eigenvalue weighted by molar-refractivity contribution is 7.21. The lowest BCUT2D eigenvalue weighted by Crippen LogP contribution is -2.16. The Morgan fingerprint density at radius 3 is 2.54 bits per heavy atom. The average molecular weight is 414 g/mol. The molecule has 0 spiro atoms. The summed E-state index contributed by atoms with van der Waals surface area (Å²) >= 11 is 3.17. The van der Waals surface area contributed by atoms with E-state index in [0.29, 0.717) is 5.69 Å². The first-order valence-electron chi connectivity index (χ1n) is 8.11. The smallest absolute Gasteiger partial charge is 0.262 e. The Hall–Kier alpha value is -3.04. The van der Waals surface area contributed by atoms with Crippen molar-refractivity contribution in [2.75, 3.05) is 5.32 Å². The Balaban J connectivity index is 1.56. The number of rotatable bonds is 4. The number of aromatic nitrogens is 3. The minimum atomic E-state index is -0.939. The zero-order chi connectivity index (χ0) is 19.7. The molecule has 9 heteroatoms. The van der Waals surface area contributed by atoms with Crippen LogP contribution in [0.4, 0.5) is 14.6 Å². The summed E-state index contributed by atoms with van der Waals surface area (Å²) in [6, 6.07) is 5.23. The molecule has 0 saturated heterocycles. The molecule has 0 aliphatic carbocycles. The van der Waals surface area contributed by atoms with Crippen molar-refractivity contribution in [2.45, 2.75) is 6.92 Å². The van der Waals surface area contributed by atoms with Crippen LogP contribution in [0.2, 0.25) is 0 Å². The monoisotopic (exact) mass is 414 g/mol. The van der Waals surface area contributed by atoms with E-state index in [1.54, 1.807) is 28.9 Å². The van der Waals surface area contributed by atoms with Gasteiger partial charge in [0, 0.05) is 22.0 Å². The highest BCUT2D eigenvalue weighted by Crippen LogP contribution is 2.36. The van der Waals surface area contributed by atoms with E-state index in [9.17, 15) is 13.6 Å². The van der Waals surface area contributed by atoms with Gasteiger partial charge in [0.15, 0.2) is 5.82 Å². The SMILES string of the molecule is Cc1sc(-c2nccs2)cc1-c1cnc(NC(=O)c2c(F)cccc2F)cn1. The number of benzene rings is 1. The van der Waals surface area contributed by atoms with Crippen LogP contribution in [0.15, 0.2) is 48.2 Å². The third-order valence-electron chi connectivity index (χ3n) is 3.92. The summed E-state index contributed by atoms with van der Waals surface area (Å²) in [4.78, 5) is 27.0. The number of carbonyl (C=O) groups is 1. The van der Waals surface area contributed by atoms with Crippen LogP contribution in [0.5, 0.6) is 0 Å². The minimum absolute atomic E-state index is 0.101. The average Bonchev–Trinajstić information content (AvgIpc) is 3.32. The Morgan fingerprint density at radius 1 is 1.11 bits per heavy atom. The van der Waals surface area contributed by atoms with E-state index in [2.05, 4.69) is 20.3 Å². The number of anilines is 1. The normalized spacial score (nSPS) is 10.8. The van der Waals surface area contributed by atoms with Crippen molar-refractivity contribution >= 4 is 34.4 Å². The van der Waals surface area contributed by atoms with Crippen molar-refractivity contribution < 1.29 is 13.6 Å². The quantitative estimate of drug-likeness (QED) is 0.500. The van der Waals surface area contributed by atoms with Gasteiger partial charge in [-0.15, -0.1) is 22.7 Å². The van der Waals surface area contributed by atoms with Crippen molar-refractivity contribution in [1.82, 2.24) is 15.0 Å². The molecule has 28 heavy (non-hydrogen) atoms. The molecule has 0 bridgehead atoms. The van der Waals surface area contributed by atoms with Gasteiger partial charge >= 0.3 is 0 Å². The van der Waals surface area contributed by atoms with Gasteiger partial charge in [0.1, 0.15) is 22.2 Å². The molecule has 0 aliphatic heterocycles. The van der Waals surface area contributed by atoms with Crippen molar-refractivity contribution in [3.8, 4) is 21.1 Å². The van der Waals surface area contributed by atoms with Crippen LogP contribution in [-0.2, 0) is 0 Å². The van der Waals surface area contributed by atoms with Gasteiger partial charge in [-0.2, -0.15) is 0 Å². The lowest BCUT2D eigenvalue weighted by molar-refractivity contribution is 0.101. The summed E-state index contributed by atoms with van der Waals surface area (Å²) in [6.07, 6.45) is 4.62. The predicted octanol–water partition coefficient (Wildman–Crippen LogP) is 5.17. The Labute approximate surface area is 166 Å². The van der Waals surface area contributed by atoms with Gasteiger partial charge < -0.3 is 5.32 Å². The maximum atomic E-state index is 13.7. The second-order valence-electron chi connectivity index (χ2n) is 5.76. The van der Waals surface area contributed by atoms with Crippen LogP contribution >= 0.6 is 22.7 Å². The summed E-state index contributed by atoms with van der Waals surface area (Å²) in [5.41, 5.74) is 0.891. The van der Waals surface area contributed by atoms with Gasteiger partial charge in [0.25, 0.3) is 5.91 Å². The zero-order valence-corrected chi connectivity index (χ0v) is 16.1. The van der Waals surface area contributed by atoms with E-state index in [4.69, 9.17) is 0 Å². The maximum absolute atomic E-state index is 13.7. The van der Waals surface area contributed by atoms with Crippen molar-refractivity contribution in [3.63, 3.8) is 0 Å². The molecule has 5 nitrogen and oxygen atoms in total. The number of aryl methyl sites for hydroxylation is 1. The molecular weight excluding hydrogens is 402 g/mol. The van der Waals surface area contributed by atoms with Crippen molar-refractivity contribution in [3.05, 3.63) is 70.3 Å². The van der Waals surface area contributed by atoms with Gasteiger partial charge in [0.05, 0.1) is 23.0 Å². The fourth-order valence-electron chi connectivity index (χ4n) is 2.61. The van der Waals surface area contributed by atoms with Crippen molar-refractivity contribution in [2.24, 2.45) is 0 Å². The van der Waals surface area contributed by atoms with Gasteiger partial charge in [-0.25, -0.2) is 18.7 Å². The standard InChI is InChI=1S/C19H12F2N4OS2/c1-10-11(7-15(28-10)19-22-5-6-27-19)14-8-24-16(9-23-14)25-18(26)17-12(20)3-2-4-13(17)21/h2-9H,1H3,(H,24,25,26). The number of nitrogens with zero attached hydrogens (tertiary/aromatic N) is 3. The number of halogens is 2. The number of carbonyl (C=O) groups excluding carboxylic acids is 1. The van der Waals surface area contributed by atoms with Crippen LogP contribution in [0.1, 0.15) is 15.2 Å². The Morgan fingerprint density at radius 2 is 1.89 bits per heavy atom. The number of thiophene rings is 1. The first kappa shape index (κ1) is 18.3. The van der Waals surface area contributed by atoms with E-state index >= 15 is 0 Å². The third-order valence-corrected chi connectivity index (χ3v) is 5.91. The zero-order valence-electron chi connectivity index (χ0n) is 14.4. The minimum Gasteiger partial charge on any atom is -0.305 e. The van der Waals surface area contributed by atoms with Crippen LogP contribution in [0.3, 0.4) is 0 Å². The number of hydrogen-bond acceptors (Lipinski definition) is 6. The highest BCUT2D eigenvalue weighted by atomic mass is 32.1. The molecule has 0 atom stereocenters. The van der Waals surface area contributed by atoms with Gasteiger partial charge in [-0.3, -0.25) is 9.78 Å². The fraction of sp³-hybridized carbons (Fsp3) is 0.0526. The van der Waals surface area contributed by atoms with E-state index in [-0.39, 0.29) is 5.82 Å². The molecule has 0 saturated carbocycles. The second kappa shape index (κ2) is 7.53. The predicted molar refractivity (Wildman–Crippen MR) is 106 cm³/mol. The Bertz CT molecular complexity index is 1120.